The van der Waals surface area contributed by atoms with Gasteiger partial charge in [0.2, 0.25) is 0 Å². The summed E-state index contributed by atoms with van der Waals surface area (Å²) in [7, 11) is 3.14. The number of benzene rings is 1. The Labute approximate surface area is 123 Å². The van der Waals surface area contributed by atoms with Crippen LogP contribution < -0.4 is 4.74 Å². The molecule has 1 amide bonds. The van der Waals surface area contributed by atoms with Crippen molar-refractivity contribution >= 4 is 17.5 Å². The molecular formula is C14H18ClNO4. The number of rotatable bonds is 5. The molecule has 0 spiro atoms. The summed E-state index contributed by atoms with van der Waals surface area (Å²) in [6, 6.07) is 5.31. The smallest absolute Gasteiger partial charge is 0.263 e. The Morgan fingerprint density at radius 1 is 1.65 bits per heavy atom. The van der Waals surface area contributed by atoms with Crippen LogP contribution in [0.1, 0.15) is 5.56 Å². The Balaban J connectivity index is 1.95. The van der Waals surface area contributed by atoms with Gasteiger partial charge in [-0.1, -0.05) is 11.6 Å². The van der Waals surface area contributed by atoms with E-state index in [4.69, 9.17) is 21.1 Å². The first-order valence-corrected chi connectivity index (χ1v) is 6.76. The number of fused-ring (bicyclic) bond motifs is 1. The lowest BCUT2D eigenvalue weighted by molar-refractivity contribution is -0.138. The molecule has 2 rings (SSSR count). The van der Waals surface area contributed by atoms with Crippen LogP contribution in [0.25, 0.3) is 0 Å². The lowest BCUT2D eigenvalue weighted by Crippen LogP contribution is -2.43. The number of carbonyl (C=O) groups excluding carboxylic acids is 1. The lowest BCUT2D eigenvalue weighted by Gasteiger charge is -2.23. The molecule has 0 radical (unpaired) electrons. The van der Waals surface area contributed by atoms with Crippen molar-refractivity contribution in [1.29, 1.82) is 0 Å². The molecule has 6 heteroatoms. The zero-order valence-electron chi connectivity index (χ0n) is 11.5. The van der Waals surface area contributed by atoms with Gasteiger partial charge >= 0.3 is 0 Å². The summed E-state index contributed by atoms with van der Waals surface area (Å²) in [5.74, 6) is 0.533. The van der Waals surface area contributed by atoms with Crippen LogP contribution >= 0.6 is 11.6 Å². The number of ether oxygens (including phenoxy) is 2. The van der Waals surface area contributed by atoms with Crippen molar-refractivity contribution in [3.05, 3.63) is 28.8 Å². The molecule has 1 aliphatic heterocycles. The van der Waals surface area contributed by atoms with Crippen LogP contribution in [0.5, 0.6) is 5.75 Å². The largest absolute Gasteiger partial charge is 0.480 e. The number of amides is 1. The van der Waals surface area contributed by atoms with Gasteiger partial charge in [0.1, 0.15) is 5.75 Å². The molecule has 0 fully saturated rings. The van der Waals surface area contributed by atoms with Crippen molar-refractivity contribution in [2.75, 3.05) is 27.3 Å². The number of likely N-dealkylation sites (N-methyl/N-ethyl adjacent to an activating group) is 1. The van der Waals surface area contributed by atoms with Crippen LogP contribution in [0.15, 0.2) is 18.2 Å². The van der Waals surface area contributed by atoms with Gasteiger partial charge in [-0.15, -0.1) is 0 Å². The number of nitrogens with zero attached hydrogens (tertiary/aromatic N) is 1. The lowest BCUT2D eigenvalue weighted by atomic mass is 10.1. The molecule has 20 heavy (non-hydrogen) atoms. The van der Waals surface area contributed by atoms with Crippen LogP contribution in [0.4, 0.5) is 0 Å². The molecule has 2 unspecified atom stereocenters. The highest BCUT2D eigenvalue weighted by Crippen LogP contribution is 2.31. The number of hydrogen-bond donors (Lipinski definition) is 1. The highest BCUT2D eigenvalue weighted by atomic mass is 35.5. The maximum atomic E-state index is 12.3. The van der Waals surface area contributed by atoms with Gasteiger partial charge in [0.15, 0.2) is 6.10 Å². The topological polar surface area (TPSA) is 59.0 Å². The van der Waals surface area contributed by atoms with Crippen LogP contribution in [0, 0.1) is 0 Å². The molecule has 0 saturated carbocycles. The quantitative estimate of drug-likeness (QED) is 0.885. The molecule has 1 aromatic rings. The first-order valence-electron chi connectivity index (χ1n) is 6.38. The number of hydrogen-bond acceptors (Lipinski definition) is 4. The van der Waals surface area contributed by atoms with E-state index >= 15 is 0 Å². The highest BCUT2D eigenvalue weighted by molar-refractivity contribution is 6.30. The fraction of sp³-hybridized carbons (Fsp3) is 0.500. The summed E-state index contributed by atoms with van der Waals surface area (Å²) in [4.78, 5) is 13.7. The Morgan fingerprint density at radius 2 is 2.40 bits per heavy atom. The molecule has 1 N–H and O–H groups in total. The zero-order chi connectivity index (χ0) is 14.7. The highest BCUT2D eigenvalue weighted by Gasteiger charge is 2.31. The standard InChI is InChI=1S/C14H18ClNO4/c1-16(7-11(17)8-19-2)14(18)13-6-9-5-10(15)3-4-12(9)20-13/h3-5,11,13,17H,6-8H2,1-2H3. The average Bonchev–Trinajstić information content (AvgIpc) is 2.80. The number of aliphatic hydroxyl groups is 1. The van der Waals surface area contributed by atoms with Gasteiger partial charge in [0, 0.05) is 32.1 Å². The van der Waals surface area contributed by atoms with E-state index in [1.165, 1.54) is 12.0 Å². The van der Waals surface area contributed by atoms with Gasteiger partial charge < -0.3 is 19.5 Å². The Bertz CT molecular complexity index is 494. The summed E-state index contributed by atoms with van der Waals surface area (Å²) in [6.07, 6.45) is -0.755. The number of carbonyl (C=O) groups is 1. The van der Waals surface area contributed by atoms with Crippen LogP contribution in [-0.4, -0.2) is 55.4 Å². The first kappa shape index (κ1) is 15.1. The van der Waals surface area contributed by atoms with E-state index in [-0.39, 0.29) is 19.1 Å². The fourth-order valence-electron chi connectivity index (χ4n) is 2.25. The Morgan fingerprint density at radius 3 is 3.10 bits per heavy atom. The van der Waals surface area contributed by atoms with Crippen molar-refractivity contribution in [3.8, 4) is 5.75 Å². The van der Waals surface area contributed by atoms with E-state index in [9.17, 15) is 9.90 Å². The molecule has 0 aromatic heterocycles. The normalized spacial score (nSPS) is 18.3. The summed E-state index contributed by atoms with van der Waals surface area (Å²) < 4.78 is 10.5. The maximum absolute atomic E-state index is 12.3. The van der Waals surface area contributed by atoms with E-state index in [0.29, 0.717) is 17.2 Å². The number of halogens is 1. The number of aliphatic hydroxyl groups excluding tert-OH is 1. The van der Waals surface area contributed by atoms with Gasteiger partial charge in [0.25, 0.3) is 5.91 Å². The zero-order valence-corrected chi connectivity index (χ0v) is 12.3. The van der Waals surface area contributed by atoms with Crippen molar-refractivity contribution in [2.45, 2.75) is 18.6 Å². The fourth-order valence-corrected chi connectivity index (χ4v) is 2.45. The minimum Gasteiger partial charge on any atom is -0.480 e. The third kappa shape index (κ3) is 3.42. The van der Waals surface area contributed by atoms with Crippen molar-refractivity contribution in [1.82, 2.24) is 4.90 Å². The first-order chi connectivity index (χ1) is 9.51. The van der Waals surface area contributed by atoms with E-state index in [2.05, 4.69) is 0 Å². The molecule has 0 aliphatic carbocycles. The molecule has 1 heterocycles. The van der Waals surface area contributed by atoms with Gasteiger partial charge in [-0.25, -0.2) is 0 Å². The Kier molecular flexibility index (Phi) is 4.86. The van der Waals surface area contributed by atoms with Crippen molar-refractivity contribution in [3.63, 3.8) is 0 Å². The molecule has 2 atom stereocenters. The molecular weight excluding hydrogens is 282 g/mol. The van der Waals surface area contributed by atoms with E-state index in [0.717, 1.165) is 5.56 Å². The third-order valence-corrected chi connectivity index (χ3v) is 3.43. The van der Waals surface area contributed by atoms with Gasteiger partial charge in [-0.2, -0.15) is 0 Å². The maximum Gasteiger partial charge on any atom is 0.263 e. The van der Waals surface area contributed by atoms with Crippen molar-refractivity contribution < 1.29 is 19.4 Å². The van der Waals surface area contributed by atoms with Crippen molar-refractivity contribution in [2.24, 2.45) is 0 Å². The van der Waals surface area contributed by atoms with Crippen LogP contribution in [0.2, 0.25) is 5.02 Å². The molecule has 0 bridgehead atoms. The molecule has 1 aliphatic rings. The number of methoxy groups -OCH3 is 1. The van der Waals surface area contributed by atoms with Gasteiger partial charge in [-0.3, -0.25) is 4.79 Å². The summed E-state index contributed by atoms with van der Waals surface area (Å²) in [5.41, 5.74) is 0.932. The van der Waals surface area contributed by atoms with Crippen LogP contribution in [-0.2, 0) is 16.0 Å². The van der Waals surface area contributed by atoms with E-state index in [1.807, 2.05) is 6.07 Å². The minimum absolute atomic E-state index is 0.160. The van der Waals surface area contributed by atoms with Crippen LogP contribution in [0.3, 0.4) is 0 Å². The Hall–Kier alpha value is -1.30. The molecule has 1 aromatic carbocycles. The summed E-state index contributed by atoms with van der Waals surface area (Å²) >= 11 is 5.92. The molecule has 5 nitrogen and oxygen atoms in total. The minimum atomic E-state index is -0.702. The predicted octanol–water partition coefficient (Wildman–Crippen LogP) is 1.11. The molecule has 0 saturated heterocycles. The van der Waals surface area contributed by atoms with E-state index < -0.39 is 12.2 Å². The van der Waals surface area contributed by atoms with Gasteiger partial charge in [0.05, 0.1) is 12.7 Å². The SMILES string of the molecule is COCC(O)CN(C)C(=O)C1Cc2cc(Cl)ccc2O1. The average molecular weight is 300 g/mol. The second-order valence-electron chi connectivity index (χ2n) is 4.89. The summed E-state index contributed by atoms with van der Waals surface area (Å²) in [6.45, 7) is 0.405. The second-order valence-corrected chi connectivity index (χ2v) is 5.33. The molecule has 110 valence electrons. The second kappa shape index (κ2) is 6.43. The van der Waals surface area contributed by atoms with E-state index in [1.54, 1.807) is 19.2 Å². The monoisotopic (exact) mass is 299 g/mol. The third-order valence-electron chi connectivity index (χ3n) is 3.19. The summed E-state index contributed by atoms with van der Waals surface area (Å²) in [5, 5.41) is 10.3. The van der Waals surface area contributed by atoms with Gasteiger partial charge in [-0.05, 0) is 23.8 Å². The predicted molar refractivity (Wildman–Crippen MR) is 75.1 cm³/mol.